The average Bonchev–Trinajstić information content (AvgIpc) is 2.95. The van der Waals surface area contributed by atoms with Crippen LogP contribution in [-0.2, 0) is 11.2 Å². The summed E-state index contributed by atoms with van der Waals surface area (Å²) in [7, 11) is 0. The number of aryl methyl sites for hydroxylation is 2. The highest BCUT2D eigenvalue weighted by Crippen LogP contribution is 2.16. The van der Waals surface area contributed by atoms with Crippen molar-refractivity contribution in [1.29, 1.82) is 0 Å². The van der Waals surface area contributed by atoms with Crippen molar-refractivity contribution in [1.82, 2.24) is 24.8 Å². The first-order valence-electron chi connectivity index (χ1n) is 7.40. The predicted octanol–water partition coefficient (Wildman–Crippen LogP) is 1.41. The lowest BCUT2D eigenvalue weighted by molar-refractivity contribution is -0.113. The van der Waals surface area contributed by atoms with Crippen LogP contribution in [0.4, 0.5) is 5.69 Å². The number of aromatic nitrogens is 5. The largest absolute Gasteiger partial charge is 0.325 e. The summed E-state index contributed by atoms with van der Waals surface area (Å²) in [6.45, 7) is 3.66. The molecule has 8 nitrogen and oxygen atoms in total. The van der Waals surface area contributed by atoms with Crippen LogP contribution in [0.25, 0.3) is 5.78 Å². The zero-order valence-electron chi connectivity index (χ0n) is 13.2. The first kappa shape index (κ1) is 16.2. The van der Waals surface area contributed by atoms with E-state index in [1.165, 1.54) is 16.3 Å². The zero-order chi connectivity index (χ0) is 17.1. The van der Waals surface area contributed by atoms with Gasteiger partial charge in [-0.25, -0.2) is 0 Å². The van der Waals surface area contributed by atoms with Gasteiger partial charge in [-0.1, -0.05) is 30.8 Å². The highest BCUT2D eigenvalue weighted by atomic mass is 32.2. The Kier molecular flexibility index (Phi) is 4.61. The number of anilines is 1. The molecule has 0 spiro atoms. The molecule has 9 heteroatoms. The summed E-state index contributed by atoms with van der Waals surface area (Å²) in [4.78, 5) is 26.2. The van der Waals surface area contributed by atoms with Gasteiger partial charge in [0.15, 0.2) is 0 Å². The molecule has 3 rings (SSSR count). The van der Waals surface area contributed by atoms with Gasteiger partial charge in [0.2, 0.25) is 11.1 Å². The number of aromatic amines is 1. The number of fused-ring (bicyclic) bond motifs is 1. The molecule has 0 aliphatic rings. The number of carbonyl (C=O) groups is 1. The first-order valence-corrected chi connectivity index (χ1v) is 8.39. The van der Waals surface area contributed by atoms with Crippen molar-refractivity contribution >= 4 is 29.1 Å². The molecule has 24 heavy (non-hydrogen) atoms. The number of rotatable bonds is 5. The molecule has 2 aromatic heterocycles. The number of H-pyrrole nitrogens is 1. The number of nitrogens with zero attached hydrogens (tertiary/aromatic N) is 4. The molecule has 0 unspecified atom stereocenters. The lowest BCUT2D eigenvalue weighted by Crippen LogP contribution is -2.16. The maximum atomic E-state index is 12.1. The van der Waals surface area contributed by atoms with Crippen molar-refractivity contribution in [2.45, 2.75) is 25.4 Å². The summed E-state index contributed by atoms with van der Waals surface area (Å²) < 4.78 is 1.42. The van der Waals surface area contributed by atoms with Crippen molar-refractivity contribution in [2.24, 2.45) is 0 Å². The van der Waals surface area contributed by atoms with Crippen molar-refractivity contribution in [3.05, 3.63) is 45.9 Å². The van der Waals surface area contributed by atoms with Crippen LogP contribution >= 0.6 is 11.8 Å². The molecule has 0 aliphatic heterocycles. The predicted molar refractivity (Wildman–Crippen MR) is 91.3 cm³/mol. The lowest BCUT2D eigenvalue weighted by Gasteiger charge is -2.06. The van der Waals surface area contributed by atoms with E-state index in [0.717, 1.165) is 17.7 Å². The van der Waals surface area contributed by atoms with Crippen LogP contribution in [0.3, 0.4) is 0 Å². The Morgan fingerprint density at radius 3 is 3.00 bits per heavy atom. The van der Waals surface area contributed by atoms with Gasteiger partial charge in [-0.05, 0) is 31.0 Å². The topological polar surface area (TPSA) is 105 Å². The number of amides is 1. The molecule has 0 atom stereocenters. The van der Waals surface area contributed by atoms with Crippen LogP contribution in [0.2, 0.25) is 0 Å². The Labute approximate surface area is 141 Å². The second-order valence-corrected chi connectivity index (χ2v) is 6.09. The molecule has 1 aromatic carbocycles. The monoisotopic (exact) mass is 344 g/mol. The van der Waals surface area contributed by atoms with Crippen LogP contribution < -0.4 is 10.9 Å². The maximum Gasteiger partial charge on any atom is 0.273 e. The maximum absolute atomic E-state index is 12.1. The summed E-state index contributed by atoms with van der Waals surface area (Å²) in [6, 6.07) is 7.73. The highest BCUT2D eigenvalue weighted by molar-refractivity contribution is 7.99. The fourth-order valence-electron chi connectivity index (χ4n) is 2.11. The molecule has 0 aliphatic carbocycles. The minimum Gasteiger partial charge on any atom is -0.325 e. The molecule has 0 saturated heterocycles. The lowest BCUT2D eigenvalue weighted by atomic mass is 10.1. The van der Waals surface area contributed by atoms with Crippen LogP contribution in [0, 0.1) is 6.92 Å². The molecule has 0 fully saturated rings. The second-order valence-electron chi connectivity index (χ2n) is 5.15. The van der Waals surface area contributed by atoms with Gasteiger partial charge >= 0.3 is 0 Å². The number of carbonyl (C=O) groups excluding carboxylic acids is 1. The van der Waals surface area contributed by atoms with E-state index in [1.54, 1.807) is 6.92 Å². The van der Waals surface area contributed by atoms with Crippen LogP contribution in [0.5, 0.6) is 0 Å². The molecular weight excluding hydrogens is 328 g/mol. The third-order valence-electron chi connectivity index (χ3n) is 3.37. The Morgan fingerprint density at radius 2 is 2.21 bits per heavy atom. The second kappa shape index (κ2) is 6.83. The van der Waals surface area contributed by atoms with Gasteiger partial charge in [-0.2, -0.15) is 9.61 Å². The minimum absolute atomic E-state index is 0.147. The van der Waals surface area contributed by atoms with Gasteiger partial charge in [0.05, 0.1) is 5.75 Å². The van der Waals surface area contributed by atoms with Crippen molar-refractivity contribution in [3.8, 4) is 0 Å². The van der Waals surface area contributed by atoms with Gasteiger partial charge in [0.1, 0.15) is 5.69 Å². The van der Waals surface area contributed by atoms with Crippen LogP contribution in [0.1, 0.15) is 18.2 Å². The summed E-state index contributed by atoms with van der Waals surface area (Å²) in [6.07, 6.45) is 0.910. The Hall–Kier alpha value is -2.68. The fraction of sp³-hybridized carbons (Fsp3) is 0.267. The van der Waals surface area contributed by atoms with E-state index in [-0.39, 0.29) is 23.0 Å². The van der Waals surface area contributed by atoms with Gasteiger partial charge < -0.3 is 5.32 Å². The quantitative estimate of drug-likeness (QED) is 0.678. The third kappa shape index (κ3) is 3.46. The van der Waals surface area contributed by atoms with E-state index in [0.29, 0.717) is 10.9 Å². The van der Waals surface area contributed by atoms with Gasteiger partial charge in [0, 0.05) is 5.69 Å². The number of hydrogen-bond acceptors (Lipinski definition) is 6. The molecule has 1 amide bonds. The van der Waals surface area contributed by atoms with E-state index in [1.807, 2.05) is 24.3 Å². The molecular formula is C15H16N6O2S. The SMILES string of the molecule is CCc1cccc(NC(=O)CSc2nnc3[nH]c(=O)c(C)nn23)c1. The van der Waals surface area contributed by atoms with E-state index >= 15 is 0 Å². The molecule has 2 heterocycles. The smallest absolute Gasteiger partial charge is 0.273 e. The average molecular weight is 344 g/mol. The zero-order valence-corrected chi connectivity index (χ0v) is 14.1. The van der Waals surface area contributed by atoms with Gasteiger partial charge in [-0.15, -0.1) is 10.2 Å². The molecule has 0 bridgehead atoms. The Bertz CT molecular complexity index is 949. The molecule has 0 radical (unpaired) electrons. The summed E-state index contributed by atoms with van der Waals surface area (Å²) in [5.74, 6) is 0.270. The summed E-state index contributed by atoms with van der Waals surface area (Å²) in [5.41, 5.74) is 1.93. The van der Waals surface area contributed by atoms with Crippen molar-refractivity contribution in [2.75, 3.05) is 11.1 Å². The number of benzene rings is 1. The number of nitrogens with one attached hydrogen (secondary N) is 2. The number of thioether (sulfide) groups is 1. The van der Waals surface area contributed by atoms with E-state index in [2.05, 4.69) is 32.5 Å². The van der Waals surface area contributed by atoms with Crippen LogP contribution in [0.15, 0.2) is 34.2 Å². The fourth-order valence-corrected chi connectivity index (χ4v) is 2.79. The van der Waals surface area contributed by atoms with Crippen LogP contribution in [-0.4, -0.2) is 36.5 Å². The standard InChI is InChI=1S/C15H16N6O2S/c1-3-10-5-4-6-11(7-10)16-12(22)8-24-15-19-18-14-17-13(23)9(2)20-21(14)15/h4-7H,3,8H2,1-2H3,(H,16,22)(H,17,18,23). The molecule has 0 saturated carbocycles. The number of hydrogen-bond donors (Lipinski definition) is 2. The molecule has 2 N–H and O–H groups in total. The highest BCUT2D eigenvalue weighted by Gasteiger charge is 2.12. The van der Waals surface area contributed by atoms with E-state index < -0.39 is 0 Å². The molecule has 3 aromatic rings. The van der Waals surface area contributed by atoms with Gasteiger partial charge in [-0.3, -0.25) is 14.6 Å². The third-order valence-corrected chi connectivity index (χ3v) is 4.29. The molecule has 124 valence electrons. The minimum atomic E-state index is -0.306. The van der Waals surface area contributed by atoms with Gasteiger partial charge in [0.25, 0.3) is 11.3 Å². The van der Waals surface area contributed by atoms with Crippen molar-refractivity contribution in [3.63, 3.8) is 0 Å². The Morgan fingerprint density at radius 1 is 1.38 bits per heavy atom. The van der Waals surface area contributed by atoms with Crippen molar-refractivity contribution < 1.29 is 4.79 Å². The first-order chi connectivity index (χ1) is 11.6. The normalized spacial score (nSPS) is 10.9. The van der Waals surface area contributed by atoms with E-state index in [4.69, 9.17) is 0 Å². The summed E-state index contributed by atoms with van der Waals surface area (Å²) >= 11 is 1.20. The summed E-state index contributed by atoms with van der Waals surface area (Å²) in [5, 5.41) is 15.2. The Balaban J connectivity index is 1.68. The van der Waals surface area contributed by atoms with E-state index in [9.17, 15) is 9.59 Å².